The number of esters is 1. The Morgan fingerprint density at radius 1 is 0.714 bits per heavy atom. The number of rotatable bonds is 26. The van der Waals surface area contributed by atoms with Crippen LogP contribution in [-0.4, -0.2) is 79.7 Å². The molecule has 0 fully saturated rings. The van der Waals surface area contributed by atoms with Crippen molar-refractivity contribution in [2.45, 2.75) is 96.1 Å². The van der Waals surface area contributed by atoms with Gasteiger partial charge in [0, 0.05) is 12.8 Å². The van der Waals surface area contributed by atoms with Gasteiger partial charge in [0.05, 0.1) is 34.4 Å². The number of hydrogen-bond donors (Lipinski definition) is 2. The molecule has 42 heavy (non-hydrogen) atoms. The van der Waals surface area contributed by atoms with Gasteiger partial charge in [-0.25, -0.2) is 4.79 Å². The summed E-state index contributed by atoms with van der Waals surface area (Å²) < 4.78 is 10.8. The van der Waals surface area contributed by atoms with Crippen molar-refractivity contribution >= 4 is 11.9 Å². The van der Waals surface area contributed by atoms with Crippen molar-refractivity contribution in [1.29, 1.82) is 0 Å². The maximum absolute atomic E-state index is 11.9. The number of unbranched alkanes of at least 4 members (excludes halogenated alkanes) is 3. The zero-order chi connectivity index (χ0) is 31.3. The van der Waals surface area contributed by atoms with E-state index < -0.39 is 18.1 Å². The number of carboxylic acids is 1. The van der Waals surface area contributed by atoms with E-state index in [4.69, 9.17) is 9.47 Å². The van der Waals surface area contributed by atoms with E-state index in [0.29, 0.717) is 17.3 Å². The van der Waals surface area contributed by atoms with E-state index >= 15 is 0 Å². The molecule has 0 spiro atoms. The fourth-order valence-electron chi connectivity index (χ4n) is 3.91. The maximum Gasteiger partial charge on any atom is 0.362 e. The summed E-state index contributed by atoms with van der Waals surface area (Å²) in [6.45, 7) is 2.25. The van der Waals surface area contributed by atoms with Crippen LogP contribution < -0.4 is 0 Å². The summed E-state index contributed by atoms with van der Waals surface area (Å²) in [4.78, 5) is 23.2. The highest BCUT2D eigenvalue weighted by molar-refractivity contribution is 5.72. The summed E-state index contributed by atoms with van der Waals surface area (Å²) in [5.41, 5.74) is 0. The molecule has 2 atom stereocenters. The van der Waals surface area contributed by atoms with E-state index in [1.807, 2.05) is 21.1 Å². The molecule has 0 radical (unpaired) electrons. The molecule has 7 heteroatoms. The van der Waals surface area contributed by atoms with E-state index in [-0.39, 0.29) is 25.8 Å². The lowest BCUT2D eigenvalue weighted by Crippen LogP contribution is -2.50. The number of carboxylic acid groups (broad SMARTS) is 1. The molecule has 0 bridgehead atoms. The van der Waals surface area contributed by atoms with Crippen LogP contribution in [0.25, 0.3) is 0 Å². The van der Waals surface area contributed by atoms with Gasteiger partial charge < -0.3 is 24.2 Å². The van der Waals surface area contributed by atoms with E-state index in [0.717, 1.165) is 64.2 Å². The summed E-state index contributed by atoms with van der Waals surface area (Å²) >= 11 is 0. The van der Waals surface area contributed by atoms with Crippen molar-refractivity contribution in [3.05, 3.63) is 72.9 Å². The molecule has 0 saturated carbocycles. The third-order valence-electron chi connectivity index (χ3n) is 6.35. The Morgan fingerprint density at radius 2 is 1.21 bits per heavy atom. The van der Waals surface area contributed by atoms with Crippen LogP contribution in [0.3, 0.4) is 0 Å². The number of hydrogen-bond acceptors (Lipinski definition) is 5. The maximum atomic E-state index is 11.9. The zero-order valence-electron chi connectivity index (χ0n) is 26.7. The fourth-order valence-corrected chi connectivity index (χ4v) is 3.91. The number of allylic oxidation sites excluding steroid dienone is 12. The van der Waals surface area contributed by atoms with E-state index in [9.17, 15) is 19.8 Å². The van der Waals surface area contributed by atoms with Crippen molar-refractivity contribution in [1.82, 2.24) is 0 Å². The Hall–Kier alpha value is -2.74. The average Bonchev–Trinajstić information content (AvgIpc) is 2.93. The van der Waals surface area contributed by atoms with Crippen LogP contribution in [0.5, 0.6) is 0 Å². The highest BCUT2D eigenvalue weighted by Gasteiger charge is 2.30. The molecule has 0 saturated heterocycles. The predicted octanol–water partition coefficient (Wildman–Crippen LogP) is 7.10. The van der Waals surface area contributed by atoms with Gasteiger partial charge in [0.1, 0.15) is 12.7 Å². The molecule has 2 N–H and O–H groups in total. The topological polar surface area (TPSA) is 93.1 Å². The summed E-state index contributed by atoms with van der Waals surface area (Å²) in [6.07, 6.45) is 35.8. The van der Waals surface area contributed by atoms with Crippen LogP contribution in [0.1, 0.15) is 84.0 Å². The SMILES string of the molecule is CC/C=C/C/C=C/C/C=C/C/C=C/C/C=C/C/C=C/CCCCCC(=O)OCC(O)COCCC(C(=O)O)[N+](C)(C)C. The van der Waals surface area contributed by atoms with Gasteiger partial charge in [-0.2, -0.15) is 0 Å². The first-order chi connectivity index (χ1) is 20.2. The lowest BCUT2D eigenvalue weighted by Gasteiger charge is -2.31. The van der Waals surface area contributed by atoms with Crippen LogP contribution in [0.2, 0.25) is 0 Å². The number of aliphatic carboxylic acids is 1. The molecule has 0 heterocycles. The van der Waals surface area contributed by atoms with Gasteiger partial charge in [-0.05, 0) is 57.8 Å². The van der Waals surface area contributed by atoms with E-state index in [1.54, 1.807) is 0 Å². The summed E-state index contributed by atoms with van der Waals surface area (Å²) in [5.74, 6) is -1.20. The van der Waals surface area contributed by atoms with Gasteiger partial charge in [0.15, 0.2) is 6.04 Å². The second kappa shape index (κ2) is 27.1. The number of carbonyl (C=O) groups is 2. The minimum atomic E-state index is -0.922. The molecular weight excluding hydrogens is 530 g/mol. The molecule has 0 aliphatic heterocycles. The Balaban J connectivity index is 3.68. The first-order valence-corrected chi connectivity index (χ1v) is 15.5. The number of carbonyl (C=O) groups excluding carboxylic acids is 1. The van der Waals surface area contributed by atoms with E-state index in [2.05, 4.69) is 79.8 Å². The normalized spacial score (nSPS) is 14.4. The summed E-state index contributed by atoms with van der Waals surface area (Å²) in [6, 6.07) is -0.584. The average molecular weight is 589 g/mol. The first-order valence-electron chi connectivity index (χ1n) is 15.5. The van der Waals surface area contributed by atoms with Crippen molar-refractivity contribution in [3.63, 3.8) is 0 Å². The number of ether oxygens (including phenoxy) is 2. The van der Waals surface area contributed by atoms with Crippen molar-refractivity contribution in [2.75, 3.05) is 41.0 Å². The Bertz CT molecular complexity index is 863. The molecule has 0 amide bonds. The van der Waals surface area contributed by atoms with Crippen molar-refractivity contribution < 1.29 is 33.8 Å². The van der Waals surface area contributed by atoms with Crippen LogP contribution in [0, 0.1) is 0 Å². The predicted molar refractivity (Wildman–Crippen MR) is 173 cm³/mol. The molecule has 0 aliphatic rings. The van der Waals surface area contributed by atoms with E-state index in [1.165, 1.54) is 0 Å². The first kappa shape index (κ1) is 39.3. The molecule has 0 aromatic heterocycles. The molecule has 0 rings (SSSR count). The largest absolute Gasteiger partial charge is 0.477 e. The Morgan fingerprint density at radius 3 is 1.69 bits per heavy atom. The number of nitrogens with zero attached hydrogens (tertiary/aromatic N) is 1. The molecule has 238 valence electrons. The van der Waals surface area contributed by atoms with Crippen LogP contribution in [0.4, 0.5) is 0 Å². The van der Waals surface area contributed by atoms with Crippen LogP contribution in [0.15, 0.2) is 72.9 Å². The number of aliphatic hydroxyl groups is 1. The van der Waals surface area contributed by atoms with Gasteiger partial charge in [-0.3, -0.25) is 4.79 Å². The van der Waals surface area contributed by atoms with Crippen molar-refractivity contribution in [3.8, 4) is 0 Å². The molecule has 7 nitrogen and oxygen atoms in total. The lowest BCUT2D eigenvalue weighted by atomic mass is 10.1. The highest BCUT2D eigenvalue weighted by Crippen LogP contribution is 2.09. The van der Waals surface area contributed by atoms with Gasteiger partial charge >= 0.3 is 11.9 Å². The second-order valence-corrected chi connectivity index (χ2v) is 11.2. The molecular formula is C35H58NO6+. The fraction of sp³-hybridized carbons (Fsp3) is 0.600. The molecule has 0 aromatic rings. The van der Waals surface area contributed by atoms with Gasteiger partial charge in [0.2, 0.25) is 0 Å². The standard InChI is InChI=1S/C35H57NO6/c1-5-6-7-8-9-10-11-12-13-14-15-16-17-18-19-20-21-22-23-24-25-26-27-34(38)42-31-32(37)30-41-29-28-33(35(39)40)36(2,3)4/h6-7,9-10,12-13,15-16,18-19,21-22,32-33,37H,5,8,11,14,17,20,23-31H2,1-4H3/p+1/b7-6+,10-9+,13-12+,16-15+,19-18+,22-21+. The molecule has 2 unspecified atom stereocenters. The minimum absolute atomic E-state index is 0.00270. The Kier molecular flexibility index (Phi) is 25.3. The highest BCUT2D eigenvalue weighted by atomic mass is 16.5. The lowest BCUT2D eigenvalue weighted by molar-refractivity contribution is -0.887. The minimum Gasteiger partial charge on any atom is -0.477 e. The third kappa shape index (κ3) is 26.2. The second-order valence-electron chi connectivity index (χ2n) is 11.2. The van der Waals surface area contributed by atoms with Crippen molar-refractivity contribution in [2.24, 2.45) is 0 Å². The smallest absolute Gasteiger partial charge is 0.362 e. The van der Waals surface area contributed by atoms with Gasteiger partial charge in [-0.15, -0.1) is 0 Å². The summed E-state index contributed by atoms with van der Waals surface area (Å²) in [7, 11) is 5.45. The molecule has 0 aliphatic carbocycles. The number of likely N-dealkylation sites (N-methyl/N-ethyl adjacent to an activating group) is 1. The van der Waals surface area contributed by atoms with Crippen LogP contribution in [-0.2, 0) is 19.1 Å². The third-order valence-corrected chi connectivity index (χ3v) is 6.35. The Labute approximate surface area is 255 Å². The summed E-state index contributed by atoms with van der Waals surface area (Å²) in [5, 5.41) is 19.3. The zero-order valence-corrected chi connectivity index (χ0v) is 26.7. The van der Waals surface area contributed by atoms with Gasteiger partial charge in [-0.1, -0.05) is 86.3 Å². The monoisotopic (exact) mass is 588 g/mol. The number of aliphatic hydroxyl groups excluding tert-OH is 1. The quantitative estimate of drug-likeness (QED) is 0.0484. The molecule has 0 aromatic carbocycles. The van der Waals surface area contributed by atoms with Gasteiger partial charge in [0.25, 0.3) is 0 Å². The van der Waals surface area contributed by atoms with Crippen LogP contribution >= 0.6 is 0 Å². The number of quaternary nitrogens is 1.